The van der Waals surface area contributed by atoms with Crippen LogP contribution in [0.3, 0.4) is 0 Å². The van der Waals surface area contributed by atoms with E-state index >= 15 is 0 Å². The van der Waals surface area contributed by atoms with Crippen molar-refractivity contribution in [2.75, 3.05) is 6.61 Å². The van der Waals surface area contributed by atoms with E-state index in [0.717, 1.165) is 49.7 Å². The van der Waals surface area contributed by atoms with E-state index in [-0.39, 0.29) is 50.5 Å². The topological polar surface area (TPSA) is 52.6 Å². The molecule has 4 nitrogen and oxygen atoms in total. The predicted molar refractivity (Wildman–Crippen MR) is 201 cm³/mol. The summed E-state index contributed by atoms with van der Waals surface area (Å²) in [7, 11) is 0. The summed E-state index contributed by atoms with van der Waals surface area (Å²) in [5.41, 5.74) is 7.15. The zero-order valence-corrected chi connectivity index (χ0v) is 32.2. The molecule has 3 saturated carbocycles. The third kappa shape index (κ3) is 5.45. The Morgan fingerprint density at radius 3 is 1.96 bits per heavy atom. The first-order chi connectivity index (χ1) is 23.4. The molecule has 2 aromatic rings. The largest absolute Gasteiger partial charge is 0.462 e. The van der Waals surface area contributed by atoms with Crippen molar-refractivity contribution in [1.82, 2.24) is 0 Å². The zero-order chi connectivity index (χ0) is 35.9. The van der Waals surface area contributed by atoms with Gasteiger partial charge in [-0.25, -0.2) is 9.59 Å². The molecule has 4 heteroatoms. The van der Waals surface area contributed by atoms with Gasteiger partial charge in [-0.05, 0) is 135 Å². The molecule has 7 rings (SSSR count). The van der Waals surface area contributed by atoms with Gasteiger partial charge < -0.3 is 9.47 Å². The Bertz CT molecular complexity index is 1730. The summed E-state index contributed by atoms with van der Waals surface area (Å²) >= 11 is 0. The van der Waals surface area contributed by atoms with Crippen molar-refractivity contribution in [3.8, 4) is 0 Å². The van der Waals surface area contributed by atoms with Crippen molar-refractivity contribution in [3.63, 3.8) is 0 Å². The Balaban J connectivity index is 1.15. The molecule has 3 fully saturated rings. The van der Waals surface area contributed by atoms with E-state index in [1.807, 2.05) is 62.4 Å². The highest BCUT2D eigenvalue weighted by Gasteiger charge is 2.67. The molecule has 50 heavy (non-hydrogen) atoms. The lowest BCUT2D eigenvalue weighted by molar-refractivity contribution is -0.183. The molecule has 0 amide bonds. The Labute approximate surface area is 301 Å². The highest BCUT2D eigenvalue weighted by Crippen LogP contribution is 2.74. The molecule has 0 N–H and O–H groups in total. The van der Waals surface area contributed by atoms with Gasteiger partial charge in [0.2, 0.25) is 0 Å². The molecular weight excluding hydrogens is 617 g/mol. The van der Waals surface area contributed by atoms with Crippen LogP contribution < -0.4 is 0 Å². The van der Waals surface area contributed by atoms with Gasteiger partial charge in [0.05, 0.1) is 17.7 Å². The van der Waals surface area contributed by atoms with Crippen molar-refractivity contribution in [2.45, 2.75) is 126 Å². The second kappa shape index (κ2) is 12.0. The summed E-state index contributed by atoms with van der Waals surface area (Å²) in [5, 5.41) is 0. The first-order valence-corrected chi connectivity index (χ1v) is 19.4. The van der Waals surface area contributed by atoms with Crippen LogP contribution in [0.4, 0.5) is 0 Å². The fraction of sp³-hybridized carbons (Fsp3) is 0.609. The van der Waals surface area contributed by atoms with Crippen LogP contribution in [0.5, 0.6) is 0 Å². The molecule has 0 aliphatic heterocycles. The van der Waals surface area contributed by atoms with Crippen LogP contribution in [0.15, 0.2) is 71.8 Å². The summed E-state index contributed by atoms with van der Waals surface area (Å²) in [6.45, 7) is 21.9. The first kappa shape index (κ1) is 35.3. The molecule has 5 aliphatic rings. The number of hydrogen-bond acceptors (Lipinski definition) is 4. The van der Waals surface area contributed by atoms with Gasteiger partial charge in [0, 0.05) is 10.8 Å². The molecule has 0 bridgehead atoms. The fourth-order valence-electron chi connectivity index (χ4n) is 12.0. The molecule has 5 aliphatic carbocycles. The number of carbonyl (C=O) groups excluding carboxylic acids is 2. The van der Waals surface area contributed by atoms with Crippen LogP contribution in [0, 0.1) is 58.2 Å². The normalized spacial score (nSPS) is 38.6. The van der Waals surface area contributed by atoms with Gasteiger partial charge >= 0.3 is 11.9 Å². The first-order valence-electron chi connectivity index (χ1n) is 19.4. The maximum absolute atomic E-state index is 13.3. The van der Waals surface area contributed by atoms with E-state index in [4.69, 9.17) is 9.47 Å². The fourth-order valence-corrected chi connectivity index (χ4v) is 12.0. The van der Waals surface area contributed by atoms with Gasteiger partial charge in [0.1, 0.15) is 6.10 Å². The van der Waals surface area contributed by atoms with Crippen molar-refractivity contribution in [1.29, 1.82) is 0 Å². The maximum atomic E-state index is 13.3. The van der Waals surface area contributed by atoms with Crippen LogP contribution in [0.2, 0.25) is 0 Å². The van der Waals surface area contributed by atoms with Crippen molar-refractivity contribution < 1.29 is 19.1 Å². The Kier molecular flexibility index (Phi) is 8.43. The molecule has 0 spiro atoms. The molecule has 0 saturated heterocycles. The quantitative estimate of drug-likeness (QED) is 0.296. The predicted octanol–water partition coefficient (Wildman–Crippen LogP) is 11.4. The number of fused-ring (bicyclic) bond motifs is 6. The minimum absolute atomic E-state index is 0.0753. The molecule has 0 heterocycles. The summed E-state index contributed by atoms with van der Waals surface area (Å²) in [5.74, 6) is 0.524. The third-order valence-electron chi connectivity index (χ3n) is 15.6. The molecule has 2 aromatic carbocycles. The van der Waals surface area contributed by atoms with Gasteiger partial charge in [-0.2, -0.15) is 0 Å². The van der Waals surface area contributed by atoms with E-state index in [1.54, 1.807) is 11.1 Å². The summed E-state index contributed by atoms with van der Waals surface area (Å²) in [4.78, 5) is 26.3. The number of esters is 2. The molecule has 6 unspecified atom stereocenters. The minimum atomic E-state index is -0.217. The second-order valence-electron chi connectivity index (χ2n) is 19.2. The molecule has 268 valence electrons. The summed E-state index contributed by atoms with van der Waals surface area (Å²) < 4.78 is 12.4. The number of ether oxygens (including phenoxy) is 2. The van der Waals surface area contributed by atoms with Gasteiger partial charge in [-0.3, -0.25) is 0 Å². The van der Waals surface area contributed by atoms with E-state index < -0.39 is 0 Å². The van der Waals surface area contributed by atoms with E-state index in [9.17, 15) is 9.59 Å². The van der Waals surface area contributed by atoms with E-state index in [1.165, 1.54) is 19.3 Å². The average molecular weight is 677 g/mol. The molecule has 0 radical (unpaired) electrons. The van der Waals surface area contributed by atoms with Gasteiger partial charge in [-0.1, -0.05) is 102 Å². The highest BCUT2D eigenvalue weighted by molar-refractivity contribution is 5.90. The van der Waals surface area contributed by atoms with E-state index in [2.05, 4.69) is 60.6 Å². The lowest BCUT2D eigenvalue weighted by atomic mass is 9.35. The lowest BCUT2D eigenvalue weighted by Crippen LogP contribution is -2.63. The smallest absolute Gasteiger partial charge is 0.338 e. The number of hydrogen-bond donors (Lipinski definition) is 0. The van der Waals surface area contributed by atoms with Crippen molar-refractivity contribution in [3.05, 3.63) is 94.1 Å². The third-order valence-corrected chi connectivity index (χ3v) is 15.6. The lowest BCUT2D eigenvalue weighted by Gasteiger charge is -2.69. The standard InChI is InChI=1S/C46H60O4/c1-30-10-14-32(15-11-30)39(47)49-29-42(5)24-25-43(6)26-27-45(8)34(35(43)28-42)18-19-37-44(7)22-21-38(41(3,4)36(44)20-23-46(37,45)9)50-40(48)33-16-12-31(2)13-17-33/h10-19,36-38H,20-29H2,1-9H3/t36?,37?,38?,42-,43?,44?,45+,46?/m0/s1. The van der Waals surface area contributed by atoms with Crippen LogP contribution in [-0.2, 0) is 9.47 Å². The summed E-state index contributed by atoms with van der Waals surface area (Å²) in [6.07, 6.45) is 15.1. The van der Waals surface area contributed by atoms with Crippen LogP contribution in [-0.4, -0.2) is 24.6 Å². The zero-order valence-electron chi connectivity index (χ0n) is 32.2. The summed E-state index contributed by atoms with van der Waals surface area (Å²) in [6, 6.07) is 15.5. The van der Waals surface area contributed by atoms with Crippen LogP contribution in [0.25, 0.3) is 0 Å². The highest BCUT2D eigenvalue weighted by atomic mass is 16.5. The number of rotatable bonds is 5. The average Bonchev–Trinajstić information content (AvgIpc) is 3.07. The number of carbonyl (C=O) groups is 2. The van der Waals surface area contributed by atoms with Gasteiger partial charge in [0.25, 0.3) is 0 Å². The minimum Gasteiger partial charge on any atom is -0.462 e. The van der Waals surface area contributed by atoms with Gasteiger partial charge in [-0.15, -0.1) is 0 Å². The maximum Gasteiger partial charge on any atom is 0.338 e. The number of allylic oxidation sites excluding steroid dienone is 4. The van der Waals surface area contributed by atoms with Crippen molar-refractivity contribution >= 4 is 11.9 Å². The van der Waals surface area contributed by atoms with Gasteiger partial charge in [0.15, 0.2) is 0 Å². The second-order valence-corrected chi connectivity index (χ2v) is 19.2. The molecular formula is C46H60O4. The molecule has 8 atom stereocenters. The Morgan fingerprint density at radius 1 is 0.720 bits per heavy atom. The molecule has 0 aromatic heterocycles. The van der Waals surface area contributed by atoms with E-state index in [0.29, 0.717) is 29.6 Å². The number of aryl methyl sites for hydroxylation is 2. The Morgan fingerprint density at radius 2 is 1.32 bits per heavy atom. The Hall–Kier alpha value is -3.14. The SMILES string of the molecule is Cc1ccc(C(=O)OC[C@@]2(C)CCC3(C)CC[C@]4(C)C(=C3C2)C=CC2C3(C)CCC(OC(=O)c5ccc(C)cc5)C(C)(C)C3CCC24C)cc1. The monoisotopic (exact) mass is 676 g/mol. The van der Waals surface area contributed by atoms with Crippen LogP contribution >= 0.6 is 0 Å². The van der Waals surface area contributed by atoms with Crippen molar-refractivity contribution in [2.24, 2.45) is 44.3 Å². The van der Waals surface area contributed by atoms with Crippen LogP contribution in [0.1, 0.15) is 138 Å². The number of benzene rings is 2.